The first-order valence-electron chi connectivity index (χ1n) is 15.8. The minimum atomic E-state index is -8.07. The first-order valence-corrected chi connectivity index (χ1v) is 15.8. The van der Waals surface area contributed by atoms with E-state index in [2.05, 4.69) is 14.2 Å². The third-order valence-corrected chi connectivity index (χ3v) is 8.88. The number of unbranched alkanes of at least 4 members (excludes halogenated alkanes) is 2. The van der Waals surface area contributed by atoms with Crippen molar-refractivity contribution < 1.29 is 111 Å². The van der Waals surface area contributed by atoms with Crippen molar-refractivity contribution in [3.63, 3.8) is 0 Å². The summed E-state index contributed by atoms with van der Waals surface area (Å²) in [7, 11) is 0. The van der Waals surface area contributed by atoms with Crippen molar-refractivity contribution >= 4 is 0 Å². The number of hydrogen-bond acceptors (Lipinski definition) is 3. The minimum Gasteiger partial charge on any atom is -0.486 e. The van der Waals surface area contributed by atoms with Crippen molar-refractivity contribution in [3.8, 4) is 5.75 Å². The van der Waals surface area contributed by atoms with Crippen LogP contribution in [0.25, 0.3) is 0 Å². The SMILES string of the molecule is CCCCCC1CCC(c2ccc(OC(COC(C(F)(F)F)(C(F)(F)F)C(F)(F)C(F)(F)F)COC(C(F)(F)F)(C(F)(F)F)C(F)(F)C(F)(F)F)cc2)CC1. The summed E-state index contributed by atoms with van der Waals surface area (Å²) in [5.41, 5.74) is -15.0. The average molecular weight is 857 g/mol. The second-order valence-corrected chi connectivity index (χ2v) is 12.6. The van der Waals surface area contributed by atoms with Gasteiger partial charge in [-0.15, -0.1) is 0 Å². The molecule has 0 bridgehead atoms. The lowest BCUT2D eigenvalue weighted by atomic mass is 9.77. The van der Waals surface area contributed by atoms with Crippen molar-refractivity contribution in [2.75, 3.05) is 13.2 Å². The van der Waals surface area contributed by atoms with Crippen LogP contribution in [0.4, 0.5) is 96.6 Å². The topological polar surface area (TPSA) is 27.7 Å². The summed E-state index contributed by atoms with van der Waals surface area (Å²) in [4.78, 5) is 0. The summed E-state index contributed by atoms with van der Waals surface area (Å²) in [5.74, 6) is -17.1. The number of hydrogen-bond donors (Lipinski definition) is 0. The van der Waals surface area contributed by atoms with E-state index in [0.717, 1.165) is 50.7 Å². The van der Waals surface area contributed by atoms with Gasteiger partial charge in [0.2, 0.25) is 0 Å². The maximum atomic E-state index is 14.1. The molecule has 322 valence electrons. The van der Waals surface area contributed by atoms with Gasteiger partial charge in [-0.05, 0) is 55.2 Å². The molecule has 0 atom stereocenters. The highest BCUT2D eigenvalue weighted by Crippen LogP contribution is 2.61. The molecule has 0 amide bonds. The quantitative estimate of drug-likeness (QED) is 0.130. The van der Waals surface area contributed by atoms with Gasteiger partial charge in [-0.2, -0.15) is 96.6 Å². The lowest BCUT2D eigenvalue weighted by Crippen LogP contribution is -2.74. The van der Waals surface area contributed by atoms with E-state index in [4.69, 9.17) is 0 Å². The molecule has 1 aliphatic carbocycles. The molecule has 0 radical (unpaired) electrons. The zero-order valence-corrected chi connectivity index (χ0v) is 27.7. The Labute approximate surface area is 296 Å². The summed E-state index contributed by atoms with van der Waals surface area (Å²) in [5, 5.41) is 0. The Balaban J connectivity index is 2.65. The van der Waals surface area contributed by atoms with Gasteiger partial charge in [0.05, 0.1) is 13.2 Å². The predicted molar refractivity (Wildman–Crippen MR) is 143 cm³/mol. The maximum absolute atomic E-state index is 14.1. The molecular formula is C30H30F22O3. The molecule has 1 aromatic carbocycles. The number of alkyl halides is 22. The summed E-state index contributed by atoms with van der Waals surface area (Å²) < 4.78 is 309. The Morgan fingerprint density at radius 1 is 0.509 bits per heavy atom. The fraction of sp³-hybridized carbons (Fsp3) is 0.800. The van der Waals surface area contributed by atoms with Gasteiger partial charge in [0.25, 0.3) is 0 Å². The molecule has 3 nitrogen and oxygen atoms in total. The largest absolute Gasteiger partial charge is 0.486 e. The lowest BCUT2D eigenvalue weighted by molar-refractivity contribution is -0.479. The van der Waals surface area contributed by atoms with Crippen molar-refractivity contribution in [2.45, 2.75) is 130 Å². The Kier molecular flexibility index (Phi) is 14.4. The predicted octanol–water partition coefficient (Wildman–Crippen LogP) is 12.4. The van der Waals surface area contributed by atoms with E-state index in [-0.39, 0.29) is 5.92 Å². The van der Waals surface area contributed by atoms with Crippen LogP contribution < -0.4 is 4.74 Å². The Morgan fingerprint density at radius 2 is 0.873 bits per heavy atom. The van der Waals surface area contributed by atoms with E-state index in [9.17, 15) is 96.6 Å². The molecule has 1 fully saturated rings. The van der Waals surface area contributed by atoms with Gasteiger partial charge >= 0.3 is 60.1 Å². The minimum absolute atomic E-state index is 0.230. The van der Waals surface area contributed by atoms with Gasteiger partial charge in [-0.3, -0.25) is 0 Å². The Bertz CT molecular complexity index is 1250. The summed E-state index contributed by atoms with van der Waals surface area (Å²) in [6, 6.07) is 3.51. The number of benzene rings is 1. The van der Waals surface area contributed by atoms with Crippen LogP contribution in [0.15, 0.2) is 24.3 Å². The average Bonchev–Trinajstić information content (AvgIpc) is 2.98. The van der Waals surface area contributed by atoms with Crippen LogP contribution in [0, 0.1) is 5.92 Å². The van der Waals surface area contributed by atoms with Crippen molar-refractivity contribution in [1.29, 1.82) is 0 Å². The zero-order chi connectivity index (χ0) is 42.9. The van der Waals surface area contributed by atoms with Crippen molar-refractivity contribution in [1.82, 2.24) is 0 Å². The highest BCUT2D eigenvalue weighted by molar-refractivity contribution is 5.30. The van der Waals surface area contributed by atoms with Gasteiger partial charge in [-0.1, -0.05) is 44.7 Å². The van der Waals surface area contributed by atoms with Gasteiger partial charge in [-0.25, -0.2) is 0 Å². The van der Waals surface area contributed by atoms with Crippen LogP contribution in [0.1, 0.15) is 69.8 Å². The standard InChI is InChI=1S/C30H30F22O3/c1-2-3-4-5-16-6-8-17(9-7-16)18-10-12-19(13-11-18)55-20(14-53-21(25(35,36)37,26(38,39)40)23(31,32)29(47,48)49)15-54-22(27(41,42)43,28(44,45)46)24(33,34)30(50,51)52/h10-13,16-17,20H,2-9,14-15H2,1H3. The molecule has 0 heterocycles. The first-order chi connectivity index (χ1) is 24.6. The molecule has 0 N–H and O–H groups in total. The van der Waals surface area contributed by atoms with Crippen molar-refractivity contribution in [2.24, 2.45) is 5.92 Å². The molecule has 2 rings (SSSR count). The molecule has 1 aromatic rings. The molecule has 55 heavy (non-hydrogen) atoms. The highest BCUT2D eigenvalue weighted by atomic mass is 19.5. The maximum Gasteiger partial charge on any atom is 0.457 e. The third kappa shape index (κ3) is 9.58. The summed E-state index contributed by atoms with van der Waals surface area (Å²) >= 11 is 0. The van der Waals surface area contributed by atoms with Gasteiger partial charge in [0, 0.05) is 0 Å². The molecule has 1 aliphatic rings. The second-order valence-electron chi connectivity index (χ2n) is 12.6. The normalized spacial score (nSPS) is 19.3. The van der Waals surface area contributed by atoms with Crippen LogP contribution >= 0.6 is 0 Å². The van der Waals surface area contributed by atoms with Crippen LogP contribution in [-0.2, 0) is 9.47 Å². The monoisotopic (exact) mass is 856 g/mol. The number of halogens is 22. The smallest absolute Gasteiger partial charge is 0.457 e. The Morgan fingerprint density at radius 3 is 1.18 bits per heavy atom. The summed E-state index contributed by atoms with van der Waals surface area (Å²) in [6.07, 6.45) is -44.6. The van der Waals surface area contributed by atoms with Crippen molar-refractivity contribution in [3.05, 3.63) is 29.8 Å². The zero-order valence-electron chi connectivity index (χ0n) is 27.7. The fourth-order valence-corrected chi connectivity index (χ4v) is 5.97. The van der Waals surface area contributed by atoms with E-state index in [1.807, 2.05) is 6.92 Å². The number of ether oxygens (including phenoxy) is 3. The van der Waals surface area contributed by atoms with E-state index in [1.54, 1.807) is 0 Å². The van der Waals surface area contributed by atoms with Gasteiger partial charge in [0.15, 0.2) is 0 Å². The third-order valence-electron chi connectivity index (χ3n) is 8.88. The molecular weight excluding hydrogens is 826 g/mol. The van der Waals surface area contributed by atoms with Crippen LogP contribution in [0.3, 0.4) is 0 Å². The van der Waals surface area contributed by atoms with Gasteiger partial charge < -0.3 is 14.2 Å². The lowest BCUT2D eigenvalue weighted by Gasteiger charge is -2.44. The van der Waals surface area contributed by atoms with Crippen LogP contribution in [0.2, 0.25) is 0 Å². The molecule has 0 unspecified atom stereocenters. The van der Waals surface area contributed by atoms with E-state index >= 15 is 0 Å². The highest BCUT2D eigenvalue weighted by Gasteiger charge is 2.92. The van der Waals surface area contributed by atoms with E-state index in [0.29, 0.717) is 36.5 Å². The molecule has 1 saturated carbocycles. The fourth-order valence-electron chi connectivity index (χ4n) is 5.97. The van der Waals surface area contributed by atoms with E-state index < -0.39 is 85.2 Å². The molecule has 0 saturated heterocycles. The molecule has 0 aliphatic heterocycles. The van der Waals surface area contributed by atoms with E-state index in [1.165, 1.54) is 0 Å². The summed E-state index contributed by atoms with van der Waals surface area (Å²) in [6.45, 7) is -4.52. The first kappa shape index (κ1) is 48.5. The number of rotatable bonds is 15. The molecule has 0 aromatic heterocycles. The van der Waals surface area contributed by atoms with Crippen LogP contribution in [-0.4, -0.2) is 79.4 Å². The molecule has 25 heteroatoms. The van der Waals surface area contributed by atoms with Crippen LogP contribution in [0.5, 0.6) is 5.75 Å². The Hall–Kier alpha value is -2.60. The molecule has 0 spiro atoms. The van der Waals surface area contributed by atoms with Gasteiger partial charge in [0.1, 0.15) is 11.9 Å². The second kappa shape index (κ2) is 16.3.